The van der Waals surface area contributed by atoms with Crippen LogP contribution in [0.15, 0.2) is 30.3 Å². The van der Waals surface area contributed by atoms with Crippen LogP contribution in [0.3, 0.4) is 0 Å². The van der Waals surface area contributed by atoms with Crippen LogP contribution in [0.4, 0.5) is 0 Å². The number of amides is 1. The van der Waals surface area contributed by atoms with Gasteiger partial charge in [0, 0.05) is 30.8 Å². The molecule has 1 aromatic carbocycles. The van der Waals surface area contributed by atoms with Crippen molar-refractivity contribution < 1.29 is 14.7 Å². The van der Waals surface area contributed by atoms with Crippen LogP contribution in [-0.2, 0) is 4.79 Å². The lowest BCUT2D eigenvalue weighted by Gasteiger charge is -2.20. The van der Waals surface area contributed by atoms with Gasteiger partial charge >= 0.3 is 5.97 Å². The van der Waals surface area contributed by atoms with Gasteiger partial charge in [-0.3, -0.25) is 4.79 Å². The van der Waals surface area contributed by atoms with E-state index in [0.717, 1.165) is 18.2 Å². The minimum absolute atomic E-state index is 0.124. The van der Waals surface area contributed by atoms with Crippen molar-refractivity contribution in [3.63, 3.8) is 0 Å². The third kappa shape index (κ3) is 6.23. The Labute approximate surface area is 125 Å². The van der Waals surface area contributed by atoms with Crippen LogP contribution in [-0.4, -0.2) is 48.1 Å². The van der Waals surface area contributed by atoms with E-state index in [1.807, 2.05) is 7.05 Å². The maximum absolute atomic E-state index is 11.9. The first kappa shape index (κ1) is 16.9. The fourth-order valence-corrected chi connectivity index (χ4v) is 1.62. The van der Waals surface area contributed by atoms with Crippen molar-refractivity contribution in [3.8, 4) is 0 Å². The van der Waals surface area contributed by atoms with Gasteiger partial charge in [-0.2, -0.15) is 0 Å². The molecule has 0 bridgehead atoms. The second-order valence-electron chi connectivity index (χ2n) is 5.12. The predicted molar refractivity (Wildman–Crippen MR) is 83.2 cm³/mol. The van der Waals surface area contributed by atoms with Crippen LogP contribution in [0.1, 0.15) is 29.8 Å². The van der Waals surface area contributed by atoms with E-state index < -0.39 is 5.97 Å². The molecule has 0 saturated heterocycles. The fourth-order valence-electron chi connectivity index (χ4n) is 1.62. The number of hydrogen-bond acceptors (Lipinski definition) is 3. The lowest BCUT2D eigenvalue weighted by Crippen LogP contribution is -2.36. The topological polar surface area (TPSA) is 69.6 Å². The van der Waals surface area contributed by atoms with E-state index >= 15 is 0 Å². The SMILES string of the molecule is CC(C)N(C)CCNC(=O)c1ccc(C=CC(=O)O)cc1. The second kappa shape index (κ2) is 8.21. The molecular weight excluding hydrogens is 268 g/mol. The number of hydrogen-bond donors (Lipinski definition) is 2. The third-order valence-corrected chi connectivity index (χ3v) is 3.22. The average molecular weight is 290 g/mol. The van der Waals surface area contributed by atoms with Gasteiger partial charge in [0.1, 0.15) is 0 Å². The summed E-state index contributed by atoms with van der Waals surface area (Å²) in [6.07, 6.45) is 2.55. The van der Waals surface area contributed by atoms with E-state index in [9.17, 15) is 9.59 Å². The number of nitrogens with one attached hydrogen (secondary N) is 1. The molecule has 21 heavy (non-hydrogen) atoms. The smallest absolute Gasteiger partial charge is 0.328 e. The molecule has 0 saturated carbocycles. The molecule has 1 rings (SSSR count). The highest BCUT2D eigenvalue weighted by Gasteiger charge is 2.06. The summed E-state index contributed by atoms with van der Waals surface area (Å²) < 4.78 is 0. The zero-order valence-electron chi connectivity index (χ0n) is 12.7. The van der Waals surface area contributed by atoms with Crippen LogP contribution in [0.2, 0.25) is 0 Å². The molecule has 114 valence electrons. The number of carboxylic acids is 1. The number of likely N-dealkylation sites (N-methyl/N-ethyl adjacent to an activating group) is 1. The van der Waals surface area contributed by atoms with Crippen molar-refractivity contribution in [1.29, 1.82) is 0 Å². The van der Waals surface area contributed by atoms with E-state index in [1.165, 1.54) is 6.08 Å². The molecule has 0 aliphatic heterocycles. The fraction of sp³-hybridized carbons (Fsp3) is 0.375. The van der Waals surface area contributed by atoms with Crippen LogP contribution in [0, 0.1) is 0 Å². The molecule has 0 unspecified atom stereocenters. The molecule has 0 aliphatic carbocycles. The number of benzene rings is 1. The molecule has 0 fully saturated rings. The number of aliphatic carboxylic acids is 1. The first-order valence-electron chi connectivity index (χ1n) is 6.89. The summed E-state index contributed by atoms with van der Waals surface area (Å²) in [6, 6.07) is 7.25. The Morgan fingerprint density at radius 2 is 1.90 bits per heavy atom. The molecule has 0 aromatic heterocycles. The van der Waals surface area contributed by atoms with Gasteiger partial charge in [-0.25, -0.2) is 4.79 Å². The average Bonchev–Trinajstić information content (AvgIpc) is 2.45. The summed E-state index contributed by atoms with van der Waals surface area (Å²) in [7, 11) is 2.01. The Hall–Kier alpha value is -2.14. The highest BCUT2D eigenvalue weighted by atomic mass is 16.4. The quantitative estimate of drug-likeness (QED) is 0.752. The molecule has 1 amide bonds. The summed E-state index contributed by atoms with van der Waals surface area (Å²) in [6.45, 7) is 5.59. The Morgan fingerprint density at radius 3 is 2.43 bits per heavy atom. The number of nitrogens with zero attached hydrogens (tertiary/aromatic N) is 1. The van der Waals surface area contributed by atoms with Gasteiger partial charge in [0.15, 0.2) is 0 Å². The van der Waals surface area contributed by atoms with E-state index in [2.05, 4.69) is 24.1 Å². The molecule has 0 aliphatic rings. The number of carbonyl (C=O) groups is 2. The molecule has 0 radical (unpaired) electrons. The lowest BCUT2D eigenvalue weighted by molar-refractivity contribution is -0.131. The lowest BCUT2D eigenvalue weighted by atomic mass is 10.1. The third-order valence-electron chi connectivity index (χ3n) is 3.22. The minimum Gasteiger partial charge on any atom is -0.478 e. The van der Waals surface area contributed by atoms with E-state index in [-0.39, 0.29) is 5.91 Å². The van der Waals surface area contributed by atoms with Crippen LogP contribution in [0.25, 0.3) is 6.08 Å². The number of carbonyl (C=O) groups excluding carboxylic acids is 1. The molecule has 0 atom stereocenters. The highest BCUT2D eigenvalue weighted by molar-refractivity contribution is 5.94. The minimum atomic E-state index is -0.994. The summed E-state index contributed by atoms with van der Waals surface area (Å²) in [4.78, 5) is 24.5. The maximum atomic E-state index is 11.9. The Bertz CT molecular complexity index is 507. The monoisotopic (exact) mass is 290 g/mol. The molecule has 0 spiro atoms. The van der Waals surface area contributed by atoms with Crippen LogP contribution >= 0.6 is 0 Å². The first-order valence-corrected chi connectivity index (χ1v) is 6.89. The Balaban J connectivity index is 2.50. The zero-order valence-corrected chi connectivity index (χ0v) is 12.7. The van der Waals surface area contributed by atoms with Gasteiger partial charge in [-0.05, 0) is 44.7 Å². The number of carboxylic acid groups (broad SMARTS) is 1. The summed E-state index contributed by atoms with van der Waals surface area (Å²) >= 11 is 0. The van der Waals surface area contributed by atoms with Gasteiger partial charge in [0.25, 0.3) is 5.91 Å². The van der Waals surface area contributed by atoms with Gasteiger partial charge in [0.05, 0.1) is 0 Å². The molecule has 2 N–H and O–H groups in total. The number of rotatable bonds is 7. The normalized spacial score (nSPS) is 11.3. The van der Waals surface area contributed by atoms with Crippen molar-refractivity contribution in [2.24, 2.45) is 0 Å². The van der Waals surface area contributed by atoms with Gasteiger partial charge in [-0.1, -0.05) is 12.1 Å². The van der Waals surface area contributed by atoms with Crippen molar-refractivity contribution >= 4 is 18.0 Å². The van der Waals surface area contributed by atoms with Crippen molar-refractivity contribution in [2.45, 2.75) is 19.9 Å². The second-order valence-corrected chi connectivity index (χ2v) is 5.12. The van der Waals surface area contributed by atoms with E-state index in [1.54, 1.807) is 24.3 Å². The van der Waals surface area contributed by atoms with Gasteiger partial charge in [0.2, 0.25) is 0 Å². The van der Waals surface area contributed by atoms with Crippen molar-refractivity contribution in [3.05, 3.63) is 41.5 Å². The molecular formula is C16H22N2O3. The van der Waals surface area contributed by atoms with E-state index in [0.29, 0.717) is 18.2 Å². The van der Waals surface area contributed by atoms with Crippen molar-refractivity contribution in [1.82, 2.24) is 10.2 Å². The van der Waals surface area contributed by atoms with Crippen molar-refractivity contribution in [2.75, 3.05) is 20.1 Å². The van der Waals surface area contributed by atoms with Gasteiger partial charge < -0.3 is 15.3 Å². The first-order chi connectivity index (χ1) is 9.90. The van der Waals surface area contributed by atoms with Gasteiger partial charge in [-0.15, -0.1) is 0 Å². The van der Waals surface area contributed by atoms with Crippen LogP contribution in [0.5, 0.6) is 0 Å². The molecule has 5 nitrogen and oxygen atoms in total. The van der Waals surface area contributed by atoms with Crippen LogP contribution < -0.4 is 5.32 Å². The molecule has 5 heteroatoms. The highest BCUT2D eigenvalue weighted by Crippen LogP contribution is 2.06. The zero-order chi connectivity index (χ0) is 15.8. The summed E-state index contributed by atoms with van der Waals surface area (Å²) in [5, 5.41) is 11.4. The Kier molecular flexibility index (Phi) is 6.62. The standard InChI is InChI=1S/C16H22N2O3/c1-12(2)18(3)11-10-17-16(21)14-7-4-13(5-8-14)6-9-15(19)20/h4-9,12H,10-11H2,1-3H3,(H,17,21)(H,19,20). The predicted octanol–water partition coefficient (Wildman–Crippen LogP) is 1.85. The molecule has 0 heterocycles. The largest absolute Gasteiger partial charge is 0.478 e. The Morgan fingerprint density at radius 1 is 1.29 bits per heavy atom. The summed E-state index contributed by atoms with van der Waals surface area (Å²) in [5.41, 5.74) is 1.31. The van der Waals surface area contributed by atoms with E-state index in [4.69, 9.17) is 5.11 Å². The molecule has 1 aromatic rings. The maximum Gasteiger partial charge on any atom is 0.328 e. The summed E-state index contributed by atoms with van der Waals surface area (Å²) in [5.74, 6) is -1.12.